The van der Waals surface area contributed by atoms with Crippen LogP contribution in [0.5, 0.6) is 0 Å². The van der Waals surface area contributed by atoms with Gasteiger partial charge in [0.1, 0.15) is 0 Å². The molecule has 15 heavy (non-hydrogen) atoms. The first-order chi connectivity index (χ1) is 7.20. The zero-order valence-corrected chi connectivity index (χ0v) is 10.0. The molecule has 2 aliphatic rings. The predicted octanol–water partition coefficient (Wildman–Crippen LogP) is 2.85. The van der Waals surface area contributed by atoms with Gasteiger partial charge in [-0.2, -0.15) is 0 Å². The molecule has 0 bridgehead atoms. The van der Waals surface area contributed by atoms with Gasteiger partial charge >= 0.3 is 0 Å². The summed E-state index contributed by atoms with van der Waals surface area (Å²) in [5, 5.41) is 0. The third kappa shape index (κ3) is 2.94. The van der Waals surface area contributed by atoms with Gasteiger partial charge in [0.15, 0.2) is 0 Å². The van der Waals surface area contributed by atoms with Crippen molar-refractivity contribution in [2.75, 3.05) is 6.61 Å². The molecule has 1 heterocycles. The van der Waals surface area contributed by atoms with Crippen LogP contribution in [-0.2, 0) is 4.74 Å². The highest BCUT2D eigenvalue weighted by Crippen LogP contribution is 2.43. The lowest BCUT2D eigenvalue weighted by atomic mass is 9.82. The normalized spacial score (nSPS) is 32.0. The van der Waals surface area contributed by atoms with E-state index in [1.54, 1.807) is 0 Å². The Morgan fingerprint density at radius 3 is 2.80 bits per heavy atom. The van der Waals surface area contributed by atoms with Crippen molar-refractivity contribution in [3.8, 4) is 0 Å². The van der Waals surface area contributed by atoms with Crippen molar-refractivity contribution in [3.63, 3.8) is 0 Å². The lowest BCUT2D eigenvalue weighted by molar-refractivity contribution is -0.0939. The second-order valence-electron chi connectivity index (χ2n) is 5.65. The molecule has 0 aromatic heterocycles. The molecule has 2 rings (SSSR count). The van der Waals surface area contributed by atoms with Gasteiger partial charge in [-0.15, -0.1) is 0 Å². The Labute approximate surface area is 93.6 Å². The Hall–Kier alpha value is -0.0800. The molecule has 2 unspecified atom stereocenters. The lowest BCUT2D eigenvalue weighted by Gasteiger charge is -2.38. The van der Waals surface area contributed by atoms with Gasteiger partial charge in [-0.1, -0.05) is 12.8 Å². The number of nitrogens with two attached hydrogens (primary N) is 1. The molecule has 2 N–H and O–H groups in total. The van der Waals surface area contributed by atoms with Crippen LogP contribution in [0, 0.1) is 5.92 Å². The Bertz CT molecular complexity index is 197. The van der Waals surface area contributed by atoms with Gasteiger partial charge in [-0.25, -0.2) is 0 Å². The van der Waals surface area contributed by atoms with Gasteiger partial charge < -0.3 is 10.5 Å². The summed E-state index contributed by atoms with van der Waals surface area (Å²) in [5.74, 6) is 0.878. The maximum atomic E-state index is 6.03. The quantitative estimate of drug-likeness (QED) is 0.779. The molecule has 0 radical (unpaired) electrons. The predicted molar refractivity (Wildman–Crippen MR) is 62.8 cm³/mol. The summed E-state index contributed by atoms with van der Waals surface area (Å²) in [7, 11) is 0. The molecule has 2 atom stereocenters. The summed E-state index contributed by atoms with van der Waals surface area (Å²) in [6.45, 7) is 3.11. The third-order valence-electron chi connectivity index (χ3n) is 4.14. The summed E-state index contributed by atoms with van der Waals surface area (Å²) in [5.41, 5.74) is 6.12. The van der Waals surface area contributed by atoms with Crippen molar-refractivity contribution in [1.29, 1.82) is 0 Å². The summed E-state index contributed by atoms with van der Waals surface area (Å²) in [4.78, 5) is 0. The fraction of sp³-hybridized carbons (Fsp3) is 1.00. The number of ether oxygens (including phenoxy) is 1. The van der Waals surface area contributed by atoms with Crippen LogP contribution in [0.25, 0.3) is 0 Å². The fourth-order valence-electron chi connectivity index (χ4n) is 3.24. The smallest absolute Gasteiger partial charge is 0.0685 e. The highest BCUT2D eigenvalue weighted by Gasteiger charge is 2.39. The molecule has 2 nitrogen and oxygen atoms in total. The topological polar surface area (TPSA) is 35.2 Å². The summed E-state index contributed by atoms with van der Waals surface area (Å²) < 4.78 is 6.03. The molecule has 88 valence electrons. The zero-order chi connectivity index (χ0) is 10.7. The molecule has 1 saturated carbocycles. The van der Waals surface area contributed by atoms with Gasteiger partial charge in [0.25, 0.3) is 0 Å². The molecule has 2 heteroatoms. The van der Waals surface area contributed by atoms with Crippen LogP contribution in [0.1, 0.15) is 58.3 Å². The zero-order valence-electron chi connectivity index (χ0n) is 10.0. The van der Waals surface area contributed by atoms with Gasteiger partial charge in [0.05, 0.1) is 5.60 Å². The number of rotatable bonds is 3. The van der Waals surface area contributed by atoms with E-state index in [-0.39, 0.29) is 0 Å². The largest absolute Gasteiger partial charge is 0.375 e. The lowest BCUT2D eigenvalue weighted by Crippen LogP contribution is -2.37. The Kier molecular flexibility index (Phi) is 3.68. The van der Waals surface area contributed by atoms with Gasteiger partial charge in [0.2, 0.25) is 0 Å². The van der Waals surface area contributed by atoms with Crippen LogP contribution in [0.4, 0.5) is 0 Å². The van der Waals surface area contributed by atoms with E-state index in [4.69, 9.17) is 10.5 Å². The number of hydrogen-bond acceptors (Lipinski definition) is 2. The first-order valence-electron chi connectivity index (χ1n) is 6.60. The van der Waals surface area contributed by atoms with Crippen molar-refractivity contribution in [1.82, 2.24) is 0 Å². The fourth-order valence-corrected chi connectivity index (χ4v) is 3.24. The van der Waals surface area contributed by atoms with Gasteiger partial charge in [0, 0.05) is 12.6 Å². The average Bonchev–Trinajstić information content (AvgIpc) is 2.63. The van der Waals surface area contributed by atoms with Crippen LogP contribution in [-0.4, -0.2) is 18.2 Å². The molecule has 0 aromatic carbocycles. The second kappa shape index (κ2) is 4.84. The molecule has 0 aromatic rings. The molecule has 2 fully saturated rings. The van der Waals surface area contributed by atoms with Gasteiger partial charge in [-0.3, -0.25) is 0 Å². The maximum absolute atomic E-state index is 6.03. The van der Waals surface area contributed by atoms with E-state index >= 15 is 0 Å². The third-order valence-corrected chi connectivity index (χ3v) is 4.14. The van der Waals surface area contributed by atoms with E-state index in [1.165, 1.54) is 51.4 Å². The first-order valence-corrected chi connectivity index (χ1v) is 6.60. The van der Waals surface area contributed by atoms with E-state index in [0.29, 0.717) is 11.6 Å². The van der Waals surface area contributed by atoms with E-state index in [1.807, 2.05) is 0 Å². The maximum Gasteiger partial charge on any atom is 0.0685 e. The highest BCUT2D eigenvalue weighted by molar-refractivity contribution is 4.91. The van der Waals surface area contributed by atoms with Crippen LogP contribution in [0.2, 0.25) is 0 Å². The molecular formula is C13H25NO. The SMILES string of the molecule is CC(N)CCC1CCOC2(CCCC2)C1. The monoisotopic (exact) mass is 211 g/mol. The Balaban J connectivity index is 1.81. The average molecular weight is 211 g/mol. The van der Waals surface area contributed by atoms with Crippen LogP contribution in [0.15, 0.2) is 0 Å². The second-order valence-corrected chi connectivity index (χ2v) is 5.65. The number of hydrogen-bond donors (Lipinski definition) is 1. The summed E-state index contributed by atoms with van der Waals surface area (Å²) in [6, 6.07) is 0.368. The van der Waals surface area contributed by atoms with Crippen LogP contribution >= 0.6 is 0 Å². The van der Waals surface area contributed by atoms with E-state index in [9.17, 15) is 0 Å². The molecule has 0 amide bonds. The van der Waals surface area contributed by atoms with E-state index in [0.717, 1.165) is 12.5 Å². The Morgan fingerprint density at radius 1 is 1.40 bits per heavy atom. The first kappa shape index (κ1) is 11.4. The highest BCUT2D eigenvalue weighted by atomic mass is 16.5. The van der Waals surface area contributed by atoms with Crippen molar-refractivity contribution in [2.24, 2.45) is 11.7 Å². The Morgan fingerprint density at radius 2 is 2.13 bits per heavy atom. The van der Waals surface area contributed by atoms with Gasteiger partial charge in [-0.05, 0) is 51.4 Å². The van der Waals surface area contributed by atoms with E-state index < -0.39 is 0 Å². The minimum Gasteiger partial charge on any atom is -0.375 e. The van der Waals surface area contributed by atoms with Crippen LogP contribution in [0.3, 0.4) is 0 Å². The standard InChI is InChI=1S/C13H25NO/c1-11(14)4-5-12-6-9-15-13(10-12)7-2-3-8-13/h11-12H,2-10,14H2,1H3. The molecular weight excluding hydrogens is 186 g/mol. The molecule has 1 saturated heterocycles. The van der Waals surface area contributed by atoms with Crippen molar-refractivity contribution >= 4 is 0 Å². The van der Waals surface area contributed by atoms with Crippen molar-refractivity contribution < 1.29 is 4.74 Å². The summed E-state index contributed by atoms with van der Waals surface area (Å²) in [6.07, 6.45) is 10.4. The minimum atomic E-state index is 0.292. The summed E-state index contributed by atoms with van der Waals surface area (Å²) >= 11 is 0. The molecule has 1 aliphatic heterocycles. The molecule has 1 spiro atoms. The van der Waals surface area contributed by atoms with Crippen molar-refractivity contribution in [2.45, 2.75) is 69.9 Å². The van der Waals surface area contributed by atoms with Crippen molar-refractivity contribution in [3.05, 3.63) is 0 Å². The van der Waals surface area contributed by atoms with E-state index in [2.05, 4.69) is 6.92 Å². The minimum absolute atomic E-state index is 0.292. The van der Waals surface area contributed by atoms with Crippen LogP contribution < -0.4 is 5.73 Å². The molecule has 1 aliphatic carbocycles.